The number of hydrogen-bond donors (Lipinski definition) is 4. The Morgan fingerprint density at radius 1 is 0.471 bits per heavy atom. The number of allylic oxidation sites excluding steroid dienone is 5. The Bertz CT molecular complexity index is 794. The molecule has 3 unspecified atom stereocenters. The Kier molecular flexibility index (Phi) is 40.2. The lowest BCUT2D eigenvalue weighted by atomic mass is 10.0. The van der Waals surface area contributed by atoms with Gasteiger partial charge in [-0.15, -0.1) is 0 Å². The summed E-state index contributed by atoms with van der Waals surface area (Å²) in [4.78, 5) is 12.5. The van der Waals surface area contributed by atoms with Gasteiger partial charge < -0.3 is 20.6 Å². The van der Waals surface area contributed by atoms with Crippen LogP contribution in [0.5, 0.6) is 0 Å². The fourth-order valence-corrected chi connectivity index (χ4v) is 6.67. The monoisotopic (exact) mass is 718 g/mol. The van der Waals surface area contributed by atoms with E-state index >= 15 is 0 Å². The number of amides is 1. The molecule has 0 aromatic rings. The molecule has 0 aliphatic rings. The number of rotatable bonds is 40. The highest BCUT2D eigenvalue weighted by molar-refractivity contribution is 5.80. The third-order valence-electron chi connectivity index (χ3n) is 10.2. The fraction of sp³-hybridized carbons (Fsp3) is 0.848. The third kappa shape index (κ3) is 36.7. The molecule has 3 atom stereocenters. The summed E-state index contributed by atoms with van der Waals surface area (Å²) >= 11 is 0. The molecular formula is C46H87NO4. The van der Waals surface area contributed by atoms with E-state index in [-0.39, 0.29) is 6.61 Å². The number of carbonyl (C=O) groups excluding carboxylic acids is 1. The Morgan fingerprint density at radius 2 is 0.804 bits per heavy atom. The Labute approximate surface area is 317 Å². The second-order valence-electron chi connectivity index (χ2n) is 15.2. The maximum Gasteiger partial charge on any atom is 0.249 e. The minimum absolute atomic E-state index is 0.378. The van der Waals surface area contributed by atoms with Crippen molar-refractivity contribution >= 4 is 5.91 Å². The molecular weight excluding hydrogens is 631 g/mol. The summed E-state index contributed by atoms with van der Waals surface area (Å²) in [5.41, 5.74) is 0. The second-order valence-corrected chi connectivity index (χ2v) is 15.2. The molecule has 300 valence electrons. The van der Waals surface area contributed by atoms with E-state index in [4.69, 9.17) is 0 Å². The minimum atomic E-state index is -1.11. The molecule has 0 rings (SSSR count). The highest BCUT2D eigenvalue weighted by Crippen LogP contribution is 2.15. The highest BCUT2D eigenvalue weighted by Gasteiger charge is 2.22. The number of aliphatic hydroxyl groups is 3. The van der Waals surface area contributed by atoms with Crippen LogP contribution >= 0.6 is 0 Å². The van der Waals surface area contributed by atoms with Crippen LogP contribution < -0.4 is 5.32 Å². The van der Waals surface area contributed by atoms with Crippen molar-refractivity contribution in [2.75, 3.05) is 6.61 Å². The molecule has 0 fully saturated rings. The van der Waals surface area contributed by atoms with Crippen LogP contribution in [-0.4, -0.2) is 46.1 Å². The number of aliphatic hydroxyl groups excluding tert-OH is 3. The summed E-state index contributed by atoms with van der Waals surface area (Å²) < 4.78 is 0. The predicted molar refractivity (Wildman–Crippen MR) is 222 cm³/mol. The van der Waals surface area contributed by atoms with Gasteiger partial charge >= 0.3 is 0 Å². The number of unbranched alkanes of at least 4 members (excludes halogenated alkanes) is 28. The predicted octanol–water partition coefficient (Wildman–Crippen LogP) is 12.8. The van der Waals surface area contributed by atoms with Crippen LogP contribution in [0.3, 0.4) is 0 Å². The molecule has 0 radical (unpaired) electrons. The first kappa shape index (κ1) is 49.6. The number of hydrogen-bond acceptors (Lipinski definition) is 4. The van der Waals surface area contributed by atoms with Gasteiger partial charge in [0.05, 0.1) is 18.8 Å². The average molecular weight is 718 g/mol. The van der Waals surface area contributed by atoms with Crippen LogP contribution in [0.25, 0.3) is 0 Å². The first-order valence-electron chi connectivity index (χ1n) is 22.3. The van der Waals surface area contributed by atoms with Crippen LogP contribution in [0, 0.1) is 0 Å². The van der Waals surface area contributed by atoms with E-state index in [1.807, 2.05) is 6.08 Å². The lowest BCUT2D eigenvalue weighted by molar-refractivity contribution is -0.131. The zero-order chi connectivity index (χ0) is 37.3. The van der Waals surface area contributed by atoms with E-state index in [1.54, 1.807) is 6.08 Å². The molecule has 5 heteroatoms. The minimum Gasteiger partial charge on any atom is -0.394 e. The van der Waals surface area contributed by atoms with E-state index in [1.165, 1.54) is 167 Å². The fourth-order valence-electron chi connectivity index (χ4n) is 6.67. The summed E-state index contributed by atoms with van der Waals surface area (Å²) in [5, 5.41) is 33.1. The van der Waals surface area contributed by atoms with Gasteiger partial charge in [0.15, 0.2) is 0 Å². The van der Waals surface area contributed by atoms with E-state index in [0.717, 1.165) is 38.5 Å². The topological polar surface area (TPSA) is 89.8 Å². The summed E-state index contributed by atoms with van der Waals surface area (Å²) in [6.07, 6.45) is 51.8. The first-order valence-corrected chi connectivity index (χ1v) is 22.3. The molecule has 0 aromatic heterocycles. The third-order valence-corrected chi connectivity index (χ3v) is 10.2. The molecule has 0 saturated heterocycles. The quantitative estimate of drug-likeness (QED) is 0.0375. The largest absolute Gasteiger partial charge is 0.394 e. The van der Waals surface area contributed by atoms with Crippen molar-refractivity contribution in [2.45, 2.75) is 244 Å². The molecule has 1 amide bonds. The maximum absolute atomic E-state index is 12.5. The van der Waals surface area contributed by atoms with Gasteiger partial charge in [0.25, 0.3) is 0 Å². The zero-order valence-corrected chi connectivity index (χ0v) is 34.0. The molecule has 51 heavy (non-hydrogen) atoms. The second kappa shape index (κ2) is 41.3. The SMILES string of the molecule is CCCCCCCCCC/C=C\CCCCCCCCC(O)C(=O)NC(CO)C(O)/C=C/CC/C=C/CCCCCCCCCCCCCCC. The zero-order valence-electron chi connectivity index (χ0n) is 34.0. The van der Waals surface area contributed by atoms with Gasteiger partial charge in [0, 0.05) is 0 Å². The lowest BCUT2D eigenvalue weighted by Gasteiger charge is -2.21. The van der Waals surface area contributed by atoms with Crippen LogP contribution in [-0.2, 0) is 4.79 Å². The van der Waals surface area contributed by atoms with Crippen molar-refractivity contribution in [3.8, 4) is 0 Å². The molecule has 0 heterocycles. The van der Waals surface area contributed by atoms with Crippen molar-refractivity contribution in [1.82, 2.24) is 5.32 Å². The van der Waals surface area contributed by atoms with Crippen molar-refractivity contribution in [1.29, 1.82) is 0 Å². The van der Waals surface area contributed by atoms with Gasteiger partial charge in [-0.3, -0.25) is 4.79 Å². The lowest BCUT2D eigenvalue weighted by Crippen LogP contribution is -2.48. The maximum atomic E-state index is 12.5. The van der Waals surface area contributed by atoms with E-state index < -0.39 is 24.2 Å². The summed E-state index contributed by atoms with van der Waals surface area (Å²) in [7, 11) is 0. The molecule has 4 N–H and O–H groups in total. The Balaban J connectivity index is 3.72. The van der Waals surface area contributed by atoms with Gasteiger partial charge in [0.2, 0.25) is 5.91 Å². The van der Waals surface area contributed by atoms with Crippen molar-refractivity contribution < 1.29 is 20.1 Å². The smallest absolute Gasteiger partial charge is 0.249 e. The normalized spacial score (nSPS) is 13.9. The average Bonchev–Trinajstić information content (AvgIpc) is 3.13. The van der Waals surface area contributed by atoms with Crippen molar-refractivity contribution in [3.63, 3.8) is 0 Å². The van der Waals surface area contributed by atoms with Gasteiger partial charge in [-0.1, -0.05) is 204 Å². The van der Waals surface area contributed by atoms with Gasteiger partial charge in [0.1, 0.15) is 6.10 Å². The van der Waals surface area contributed by atoms with Crippen molar-refractivity contribution in [3.05, 3.63) is 36.5 Å². The summed E-state index contributed by atoms with van der Waals surface area (Å²) in [5.74, 6) is -0.517. The van der Waals surface area contributed by atoms with Gasteiger partial charge in [-0.2, -0.15) is 0 Å². The van der Waals surface area contributed by atoms with Crippen LogP contribution in [0.15, 0.2) is 36.5 Å². The Morgan fingerprint density at radius 3 is 1.20 bits per heavy atom. The molecule has 0 aromatic carbocycles. The van der Waals surface area contributed by atoms with Crippen LogP contribution in [0.1, 0.15) is 226 Å². The molecule has 0 spiro atoms. The number of carbonyl (C=O) groups is 1. The molecule has 0 saturated carbocycles. The van der Waals surface area contributed by atoms with E-state index in [2.05, 4.69) is 43.5 Å². The standard InChI is InChI=1S/C46H87NO4/c1-3-5-7-9-11-13-15-17-19-21-23-25-26-28-30-32-34-36-38-40-44(49)43(42-48)47-46(51)45(50)41-39-37-35-33-31-29-27-24-22-20-18-16-14-12-10-8-6-4-2/h22,24,30,32,38,40,43-45,48-50H,3-21,23,25-29,31,33-37,39,41-42H2,1-2H3,(H,47,51)/b24-22-,32-30+,40-38+. The Hall–Kier alpha value is -1.43. The van der Waals surface area contributed by atoms with Crippen LogP contribution in [0.4, 0.5) is 0 Å². The highest BCUT2D eigenvalue weighted by atomic mass is 16.3. The van der Waals surface area contributed by atoms with Crippen LogP contribution in [0.2, 0.25) is 0 Å². The molecule has 0 bridgehead atoms. The summed E-state index contributed by atoms with van der Waals surface area (Å²) in [6, 6.07) is -0.816. The van der Waals surface area contributed by atoms with Gasteiger partial charge in [-0.05, 0) is 57.8 Å². The number of nitrogens with one attached hydrogen (secondary N) is 1. The molecule has 0 aliphatic carbocycles. The first-order chi connectivity index (χ1) is 25.1. The van der Waals surface area contributed by atoms with E-state index in [0.29, 0.717) is 6.42 Å². The van der Waals surface area contributed by atoms with Gasteiger partial charge in [-0.25, -0.2) is 0 Å². The molecule has 5 nitrogen and oxygen atoms in total. The van der Waals surface area contributed by atoms with E-state index in [9.17, 15) is 20.1 Å². The summed E-state index contributed by atoms with van der Waals surface area (Å²) in [6.45, 7) is 4.17. The molecule has 0 aliphatic heterocycles. The van der Waals surface area contributed by atoms with Crippen molar-refractivity contribution in [2.24, 2.45) is 0 Å².